The van der Waals surface area contributed by atoms with Gasteiger partial charge in [0.25, 0.3) is 0 Å². The van der Waals surface area contributed by atoms with Crippen molar-refractivity contribution in [3.8, 4) is 11.6 Å². The fraction of sp³-hybridized carbons (Fsp3) is 0.0625. The minimum atomic E-state index is -0.907. The van der Waals surface area contributed by atoms with Gasteiger partial charge in [0.2, 0.25) is 5.88 Å². The van der Waals surface area contributed by atoms with Crippen LogP contribution in [0.3, 0.4) is 0 Å². The predicted octanol–water partition coefficient (Wildman–Crippen LogP) is 3.05. The third-order valence-corrected chi connectivity index (χ3v) is 3.06. The molecule has 0 aliphatic carbocycles. The highest BCUT2D eigenvalue weighted by Crippen LogP contribution is 2.29. The number of hydrogen-bond acceptors (Lipinski definition) is 4. The zero-order valence-electron chi connectivity index (χ0n) is 11.1. The van der Waals surface area contributed by atoms with E-state index in [0.29, 0.717) is 17.2 Å². The van der Waals surface area contributed by atoms with Crippen LogP contribution >= 0.6 is 0 Å². The molecule has 104 valence electrons. The van der Waals surface area contributed by atoms with E-state index in [1.807, 2.05) is 24.3 Å². The second-order valence-electron chi connectivity index (χ2n) is 4.52. The monoisotopic (exact) mass is 280 g/mol. The topological polar surface area (TPSA) is 72.3 Å². The van der Waals surface area contributed by atoms with Crippen molar-refractivity contribution in [3.05, 3.63) is 60.3 Å². The molecule has 0 bridgehead atoms. The van der Waals surface area contributed by atoms with Crippen LogP contribution in [0.1, 0.15) is 5.56 Å². The van der Waals surface area contributed by atoms with Crippen molar-refractivity contribution < 1.29 is 14.6 Å². The molecule has 0 spiro atoms. The summed E-state index contributed by atoms with van der Waals surface area (Å²) in [5, 5.41) is 18.6. The van der Waals surface area contributed by atoms with E-state index in [4.69, 9.17) is 9.84 Å². The van der Waals surface area contributed by atoms with Crippen molar-refractivity contribution in [2.75, 3.05) is 0 Å². The highest BCUT2D eigenvalue weighted by Gasteiger charge is 2.11. The normalized spacial score (nSPS) is 10.5. The Kier molecular flexibility index (Phi) is 3.47. The third kappa shape index (κ3) is 2.81. The first-order valence-electron chi connectivity index (χ1n) is 6.42. The quantitative estimate of drug-likeness (QED) is 0.795. The lowest BCUT2D eigenvalue weighted by Crippen LogP contribution is -2.02. The molecule has 3 aromatic rings. The van der Waals surface area contributed by atoms with E-state index in [1.165, 1.54) is 0 Å². The van der Waals surface area contributed by atoms with Gasteiger partial charge in [-0.15, -0.1) is 5.10 Å². The van der Waals surface area contributed by atoms with Crippen LogP contribution < -0.4 is 4.74 Å². The molecule has 0 fully saturated rings. The first-order valence-corrected chi connectivity index (χ1v) is 6.42. The minimum absolute atomic E-state index is 0.103. The maximum Gasteiger partial charge on any atom is 0.307 e. The van der Waals surface area contributed by atoms with Crippen LogP contribution in [0.25, 0.3) is 10.8 Å². The van der Waals surface area contributed by atoms with Gasteiger partial charge in [-0.25, -0.2) is 0 Å². The van der Waals surface area contributed by atoms with Crippen molar-refractivity contribution in [2.24, 2.45) is 0 Å². The Morgan fingerprint density at radius 1 is 1.10 bits per heavy atom. The molecule has 3 rings (SSSR count). The number of carboxylic acid groups (broad SMARTS) is 1. The molecule has 1 aromatic heterocycles. The third-order valence-electron chi connectivity index (χ3n) is 3.06. The average Bonchev–Trinajstić information content (AvgIpc) is 2.49. The van der Waals surface area contributed by atoms with Gasteiger partial charge in [-0.05, 0) is 12.1 Å². The van der Waals surface area contributed by atoms with Gasteiger partial charge in [-0.1, -0.05) is 36.4 Å². The highest BCUT2D eigenvalue weighted by atomic mass is 16.5. The molecule has 0 saturated heterocycles. The number of rotatable bonds is 4. The predicted molar refractivity (Wildman–Crippen MR) is 77.4 cm³/mol. The fourth-order valence-electron chi connectivity index (χ4n) is 2.09. The molecule has 0 saturated carbocycles. The molecule has 0 amide bonds. The zero-order chi connectivity index (χ0) is 14.7. The van der Waals surface area contributed by atoms with Crippen LogP contribution in [0, 0.1) is 0 Å². The van der Waals surface area contributed by atoms with Crippen molar-refractivity contribution >= 4 is 16.7 Å². The number of aromatic nitrogens is 2. The Bertz CT molecular complexity index is 797. The lowest BCUT2D eigenvalue weighted by Gasteiger charge is -2.10. The molecule has 0 atom stereocenters. The van der Waals surface area contributed by atoms with E-state index in [9.17, 15) is 4.79 Å². The standard InChI is InChI=1S/C16H12N2O3/c19-15(20)9-11-5-2-4-8-14(11)21-16-13-7-3-1-6-12(13)10-17-18-16/h1-8,10H,9H2,(H,19,20). The summed E-state index contributed by atoms with van der Waals surface area (Å²) in [4.78, 5) is 10.9. The average molecular weight is 280 g/mol. The summed E-state index contributed by atoms with van der Waals surface area (Å²) in [7, 11) is 0. The van der Waals surface area contributed by atoms with Crippen molar-refractivity contribution in [1.29, 1.82) is 0 Å². The van der Waals surface area contributed by atoms with Crippen LogP contribution in [-0.2, 0) is 11.2 Å². The van der Waals surface area contributed by atoms with Crippen molar-refractivity contribution in [3.63, 3.8) is 0 Å². The van der Waals surface area contributed by atoms with Gasteiger partial charge in [-0.3, -0.25) is 4.79 Å². The van der Waals surface area contributed by atoms with Crippen LogP contribution in [0.15, 0.2) is 54.7 Å². The summed E-state index contributed by atoms with van der Waals surface area (Å²) < 4.78 is 5.79. The Balaban J connectivity index is 2.01. The summed E-state index contributed by atoms with van der Waals surface area (Å²) in [5.74, 6) is -0.0634. The molecule has 0 unspecified atom stereocenters. The molecule has 5 nitrogen and oxygen atoms in total. The SMILES string of the molecule is O=C(O)Cc1ccccc1Oc1nncc2ccccc12. The Morgan fingerprint density at radius 2 is 1.86 bits per heavy atom. The number of fused-ring (bicyclic) bond motifs is 1. The smallest absolute Gasteiger partial charge is 0.307 e. The van der Waals surface area contributed by atoms with Gasteiger partial charge in [0, 0.05) is 16.3 Å². The van der Waals surface area contributed by atoms with Gasteiger partial charge in [0.1, 0.15) is 5.75 Å². The summed E-state index contributed by atoms with van der Waals surface area (Å²) in [6.45, 7) is 0. The molecule has 0 aliphatic rings. The molecule has 2 aromatic carbocycles. The molecule has 1 heterocycles. The number of carbonyl (C=O) groups is 1. The van der Waals surface area contributed by atoms with Gasteiger partial charge in [0.15, 0.2) is 0 Å². The van der Waals surface area contributed by atoms with E-state index in [0.717, 1.165) is 10.8 Å². The highest BCUT2D eigenvalue weighted by molar-refractivity contribution is 5.86. The summed E-state index contributed by atoms with van der Waals surface area (Å²) in [6, 6.07) is 14.6. The first-order chi connectivity index (χ1) is 10.2. The lowest BCUT2D eigenvalue weighted by molar-refractivity contribution is -0.136. The summed E-state index contributed by atoms with van der Waals surface area (Å²) in [5.41, 5.74) is 0.597. The van der Waals surface area contributed by atoms with E-state index >= 15 is 0 Å². The Labute approximate surface area is 120 Å². The largest absolute Gasteiger partial charge is 0.481 e. The molecular weight excluding hydrogens is 268 g/mol. The second-order valence-corrected chi connectivity index (χ2v) is 4.52. The maximum atomic E-state index is 10.9. The van der Waals surface area contributed by atoms with E-state index in [2.05, 4.69) is 10.2 Å². The minimum Gasteiger partial charge on any atom is -0.481 e. The van der Waals surface area contributed by atoms with Crippen LogP contribution in [-0.4, -0.2) is 21.3 Å². The van der Waals surface area contributed by atoms with Crippen molar-refractivity contribution in [2.45, 2.75) is 6.42 Å². The van der Waals surface area contributed by atoms with E-state index in [1.54, 1.807) is 30.5 Å². The Morgan fingerprint density at radius 3 is 2.71 bits per heavy atom. The fourth-order valence-corrected chi connectivity index (χ4v) is 2.09. The van der Waals surface area contributed by atoms with Crippen LogP contribution in [0.5, 0.6) is 11.6 Å². The van der Waals surface area contributed by atoms with Gasteiger partial charge in [0.05, 0.1) is 12.6 Å². The number of para-hydroxylation sites is 1. The van der Waals surface area contributed by atoms with Gasteiger partial charge in [-0.2, -0.15) is 5.10 Å². The van der Waals surface area contributed by atoms with Gasteiger partial charge >= 0.3 is 5.97 Å². The Hall–Kier alpha value is -2.95. The molecule has 0 radical (unpaired) electrons. The zero-order valence-corrected chi connectivity index (χ0v) is 11.1. The number of hydrogen-bond donors (Lipinski definition) is 1. The molecule has 5 heteroatoms. The number of benzene rings is 2. The number of nitrogens with zero attached hydrogens (tertiary/aromatic N) is 2. The van der Waals surface area contributed by atoms with E-state index < -0.39 is 5.97 Å². The summed E-state index contributed by atoms with van der Waals surface area (Å²) >= 11 is 0. The second kappa shape index (κ2) is 5.58. The number of carboxylic acids is 1. The molecular formula is C16H12N2O3. The number of aliphatic carboxylic acids is 1. The van der Waals surface area contributed by atoms with Crippen molar-refractivity contribution in [1.82, 2.24) is 10.2 Å². The first kappa shape index (κ1) is 13.1. The van der Waals surface area contributed by atoms with Crippen LogP contribution in [0.2, 0.25) is 0 Å². The molecule has 21 heavy (non-hydrogen) atoms. The molecule has 1 N–H and O–H groups in total. The van der Waals surface area contributed by atoms with Crippen LogP contribution in [0.4, 0.5) is 0 Å². The lowest BCUT2D eigenvalue weighted by atomic mass is 10.1. The maximum absolute atomic E-state index is 10.9. The number of ether oxygens (including phenoxy) is 1. The van der Waals surface area contributed by atoms with E-state index in [-0.39, 0.29) is 6.42 Å². The molecule has 0 aliphatic heterocycles. The van der Waals surface area contributed by atoms with Gasteiger partial charge < -0.3 is 9.84 Å². The summed E-state index contributed by atoms with van der Waals surface area (Å²) in [6.07, 6.45) is 1.56.